The molecule has 232 valence electrons. The summed E-state index contributed by atoms with van der Waals surface area (Å²) in [5.41, 5.74) is -2.03. The number of carbonyl (C=O) groups excluding carboxylic acids is 4. The zero-order valence-electron chi connectivity index (χ0n) is 24.7. The molecule has 4 amide bonds. The standard InChI is InChI=1S/C31H39BrN3O7P/c1-19(2)17-31(41,30(40)35(43-42)24-14-9-7-5-3-4-6-8-10-15-33-27(24)37)18-34-28(38)21-13-11-12-20-25(21)22(29(34)39)16-23(32)26(20)36/h11-13,16,19,24,36,41H,3-10,14-15,17-18H2,1-2H3,(H,33,37)/p+1. The first-order valence-corrected chi connectivity index (χ1v) is 16.7. The second kappa shape index (κ2) is 14.3. The van der Waals surface area contributed by atoms with Gasteiger partial charge in [0.2, 0.25) is 5.91 Å². The van der Waals surface area contributed by atoms with Crippen molar-refractivity contribution in [2.24, 2.45) is 5.92 Å². The summed E-state index contributed by atoms with van der Waals surface area (Å²) in [4.78, 5) is 55.7. The van der Waals surface area contributed by atoms with Crippen LogP contribution in [0.15, 0.2) is 28.7 Å². The third kappa shape index (κ3) is 7.10. The Labute approximate surface area is 261 Å². The van der Waals surface area contributed by atoms with Crippen molar-refractivity contribution in [2.45, 2.75) is 89.7 Å². The van der Waals surface area contributed by atoms with Crippen molar-refractivity contribution in [3.8, 4) is 5.75 Å². The summed E-state index contributed by atoms with van der Waals surface area (Å²) in [6.45, 7) is 3.31. The number of nitrogens with zero attached hydrogens (tertiary/aromatic N) is 2. The van der Waals surface area contributed by atoms with Crippen LogP contribution in [0.2, 0.25) is 0 Å². The van der Waals surface area contributed by atoms with E-state index in [9.17, 15) is 34.0 Å². The van der Waals surface area contributed by atoms with Gasteiger partial charge in [0.05, 0.1) is 16.6 Å². The summed E-state index contributed by atoms with van der Waals surface area (Å²) < 4.78 is 13.8. The number of phenolic OH excluding ortho intramolecular Hbond substituents is 1. The molecule has 3 atom stereocenters. The molecular formula is C31H40BrN3O7P+. The molecule has 0 spiro atoms. The number of aliphatic hydroxyl groups is 1. The Morgan fingerprint density at radius 2 is 1.70 bits per heavy atom. The average molecular weight is 678 g/mol. The summed E-state index contributed by atoms with van der Waals surface area (Å²) >= 11 is 3.26. The number of phenols is 1. The molecule has 3 N–H and O–H groups in total. The van der Waals surface area contributed by atoms with Crippen molar-refractivity contribution in [1.82, 2.24) is 14.9 Å². The minimum Gasteiger partial charge on any atom is -0.506 e. The van der Waals surface area contributed by atoms with Gasteiger partial charge in [-0.05, 0) is 57.8 Å². The molecule has 4 rings (SSSR count). The molecule has 0 aliphatic carbocycles. The van der Waals surface area contributed by atoms with E-state index in [0.29, 0.717) is 18.4 Å². The second-order valence-corrected chi connectivity index (χ2v) is 13.5. The maximum Gasteiger partial charge on any atom is 0.451 e. The molecule has 12 heteroatoms. The topological polar surface area (TPSA) is 144 Å². The number of carbonyl (C=O) groups is 4. The Morgan fingerprint density at radius 1 is 1.07 bits per heavy atom. The lowest BCUT2D eigenvalue weighted by Gasteiger charge is -2.36. The van der Waals surface area contributed by atoms with Crippen molar-refractivity contribution < 1.29 is 34.0 Å². The number of halogens is 1. The van der Waals surface area contributed by atoms with Crippen LogP contribution in [0.3, 0.4) is 0 Å². The third-order valence-electron chi connectivity index (χ3n) is 8.24. The van der Waals surface area contributed by atoms with Crippen LogP contribution in [0, 0.1) is 5.92 Å². The highest BCUT2D eigenvalue weighted by molar-refractivity contribution is 9.10. The molecule has 1 saturated heterocycles. The number of aromatic hydroxyl groups is 1. The van der Waals surface area contributed by atoms with Crippen LogP contribution in [0.25, 0.3) is 10.8 Å². The molecule has 2 aromatic rings. The van der Waals surface area contributed by atoms with E-state index < -0.39 is 50.4 Å². The fourth-order valence-electron chi connectivity index (χ4n) is 6.17. The lowest BCUT2D eigenvalue weighted by molar-refractivity contribution is -0.152. The SMILES string of the molecule is CC(C)CC(O)(CN1C(=O)c2cccc3c(O)c(Br)cc(c23)C1=O)C(=O)N([PH+]=O)C1CCCCCCCCCCNC1=O. The number of amides is 4. The van der Waals surface area contributed by atoms with Crippen LogP contribution in [-0.2, 0) is 14.2 Å². The number of β-amino-alcohol motifs (C(OH)–C–C–N with tert-alkyl or cyclic N) is 1. The highest BCUT2D eigenvalue weighted by Gasteiger charge is 2.50. The lowest BCUT2D eigenvalue weighted by Crippen LogP contribution is -2.59. The van der Waals surface area contributed by atoms with E-state index in [0.717, 1.165) is 54.5 Å². The molecule has 0 bridgehead atoms. The van der Waals surface area contributed by atoms with Gasteiger partial charge < -0.3 is 15.5 Å². The van der Waals surface area contributed by atoms with Crippen LogP contribution in [0.5, 0.6) is 5.75 Å². The number of rotatable bonds is 7. The molecule has 2 aliphatic heterocycles. The van der Waals surface area contributed by atoms with E-state index in [-0.39, 0.29) is 45.5 Å². The van der Waals surface area contributed by atoms with Gasteiger partial charge in [-0.3, -0.25) is 24.1 Å². The van der Waals surface area contributed by atoms with E-state index in [1.54, 1.807) is 26.0 Å². The first kappa shape index (κ1) is 33.0. The number of imide groups is 1. The maximum atomic E-state index is 14.1. The molecule has 3 unspecified atom stereocenters. The van der Waals surface area contributed by atoms with Crippen molar-refractivity contribution in [2.75, 3.05) is 13.1 Å². The number of benzene rings is 2. The molecule has 2 aromatic carbocycles. The van der Waals surface area contributed by atoms with Crippen LogP contribution in [0.1, 0.15) is 98.8 Å². The quantitative estimate of drug-likeness (QED) is 0.261. The summed E-state index contributed by atoms with van der Waals surface area (Å²) in [6, 6.07) is 5.04. The van der Waals surface area contributed by atoms with Crippen LogP contribution in [-0.4, -0.2) is 68.1 Å². The summed E-state index contributed by atoms with van der Waals surface area (Å²) in [5, 5.41) is 26.0. The Morgan fingerprint density at radius 3 is 2.35 bits per heavy atom. The molecule has 0 saturated carbocycles. The molecule has 43 heavy (non-hydrogen) atoms. The zero-order chi connectivity index (χ0) is 31.3. The van der Waals surface area contributed by atoms with E-state index >= 15 is 0 Å². The summed E-state index contributed by atoms with van der Waals surface area (Å²) in [7, 11) is -1.36. The normalized spacial score (nSPS) is 20.3. The number of nitrogens with one attached hydrogen (secondary N) is 1. The van der Waals surface area contributed by atoms with E-state index in [1.165, 1.54) is 12.1 Å². The first-order chi connectivity index (χ1) is 20.5. The minimum atomic E-state index is -2.31. The van der Waals surface area contributed by atoms with Crippen LogP contribution >= 0.6 is 24.5 Å². The molecule has 1 fully saturated rings. The van der Waals surface area contributed by atoms with Crippen molar-refractivity contribution in [1.29, 1.82) is 0 Å². The van der Waals surface area contributed by atoms with Crippen LogP contribution in [0.4, 0.5) is 0 Å². The van der Waals surface area contributed by atoms with Gasteiger partial charge in [0.15, 0.2) is 11.6 Å². The summed E-state index contributed by atoms with van der Waals surface area (Å²) in [6.07, 6.45) is 7.74. The van der Waals surface area contributed by atoms with Gasteiger partial charge in [0.25, 0.3) is 17.7 Å². The number of hydrogen-bond donors (Lipinski definition) is 3. The smallest absolute Gasteiger partial charge is 0.451 e. The van der Waals surface area contributed by atoms with Crippen molar-refractivity contribution in [3.05, 3.63) is 39.9 Å². The fraction of sp³-hybridized carbons (Fsp3) is 0.548. The second-order valence-electron chi connectivity index (χ2n) is 12.0. The third-order valence-corrected chi connectivity index (χ3v) is 9.55. The first-order valence-electron chi connectivity index (χ1n) is 15.0. The van der Waals surface area contributed by atoms with Crippen molar-refractivity contribution >= 4 is 58.9 Å². The van der Waals surface area contributed by atoms with E-state index in [4.69, 9.17) is 0 Å². The van der Waals surface area contributed by atoms with Crippen LogP contribution < -0.4 is 5.32 Å². The van der Waals surface area contributed by atoms with Gasteiger partial charge >= 0.3 is 8.61 Å². The predicted molar refractivity (Wildman–Crippen MR) is 167 cm³/mol. The monoisotopic (exact) mass is 676 g/mol. The Hall–Kier alpha value is -2.88. The molecule has 0 radical (unpaired) electrons. The Balaban J connectivity index is 1.68. The lowest BCUT2D eigenvalue weighted by atomic mass is 9.88. The Kier molecular flexibility index (Phi) is 11.0. The molecule has 2 heterocycles. The number of hydrogen-bond acceptors (Lipinski definition) is 7. The summed E-state index contributed by atoms with van der Waals surface area (Å²) in [5.74, 6) is -3.22. The fourth-order valence-corrected chi connectivity index (χ4v) is 7.27. The van der Waals surface area contributed by atoms with E-state index in [2.05, 4.69) is 21.2 Å². The highest BCUT2D eigenvalue weighted by atomic mass is 79.9. The van der Waals surface area contributed by atoms with Crippen molar-refractivity contribution in [3.63, 3.8) is 0 Å². The van der Waals surface area contributed by atoms with E-state index in [1.807, 2.05) is 0 Å². The maximum absolute atomic E-state index is 14.1. The average Bonchev–Trinajstić information content (AvgIpc) is 2.99. The van der Waals surface area contributed by atoms with Gasteiger partial charge in [-0.15, -0.1) is 4.67 Å². The van der Waals surface area contributed by atoms with Gasteiger partial charge in [0.1, 0.15) is 5.75 Å². The molecule has 10 nitrogen and oxygen atoms in total. The van der Waals surface area contributed by atoms with Gasteiger partial charge in [0, 0.05) is 22.9 Å². The van der Waals surface area contributed by atoms with Gasteiger partial charge in [-0.2, -0.15) is 0 Å². The molecule has 0 aromatic heterocycles. The Bertz CT molecular complexity index is 1420. The zero-order valence-corrected chi connectivity index (χ0v) is 27.2. The molecular weight excluding hydrogens is 637 g/mol. The minimum absolute atomic E-state index is 0.112. The van der Waals surface area contributed by atoms with Gasteiger partial charge in [-0.25, -0.2) is 0 Å². The highest BCUT2D eigenvalue weighted by Crippen LogP contribution is 2.40. The predicted octanol–water partition coefficient (Wildman–Crippen LogP) is 5.46. The van der Waals surface area contributed by atoms with Gasteiger partial charge in [-0.1, -0.05) is 70.9 Å². The largest absolute Gasteiger partial charge is 0.506 e. The molecule has 2 aliphatic rings.